The highest BCUT2D eigenvalue weighted by Crippen LogP contribution is 2.39. The molecule has 1 fully saturated rings. The molecule has 0 saturated heterocycles. The van der Waals surface area contributed by atoms with Gasteiger partial charge in [0.1, 0.15) is 30.1 Å². The largest absolute Gasteiger partial charge is 0.486 e. The van der Waals surface area contributed by atoms with Gasteiger partial charge in [-0.25, -0.2) is 9.67 Å². The van der Waals surface area contributed by atoms with Crippen molar-refractivity contribution in [3.63, 3.8) is 0 Å². The van der Waals surface area contributed by atoms with Crippen molar-refractivity contribution in [3.05, 3.63) is 40.9 Å². The fraction of sp³-hybridized carbons (Fsp3) is 0.500. The number of nitrogens with zero attached hydrogens (tertiary/aromatic N) is 3. The van der Waals surface area contributed by atoms with Crippen molar-refractivity contribution in [1.29, 1.82) is 0 Å². The van der Waals surface area contributed by atoms with E-state index in [-0.39, 0.29) is 12.0 Å². The van der Waals surface area contributed by atoms with Crippen molar-refractivity contribution in [2.24, 2.45) is 5.92 Å². The Morgan fingerprint density at radius 3 is 2.91 bits per heavy atom. The Kier molecular flexibility index (Phi) is 4.80. The lowest BCUT2D eigenvalue weighted by Crippen LogP contribution is -2.56. The topological polar surface area (TPSA) is 60.2 Å². The van der Waals surface area contributed by atoms with Crippen LogP contribution in [0, 0.1) is 5.92 Å². The average Bonchev–Trinajstić information content (AvgIpc) is 2.99. The minimum Gasteiger partial charge on any atom is -0.486 e. The van der Waals surface area contributed by atoms with Crippen LogP contribution >= 0.6 is 23.2 Å². The molecule has 1 saturated carbocycles. The van der Waals surface area contributed by atoms with Gasteiger partial charge in [0.2, 0.25) is 0 Å². The zero-order valence-electron chi connectivity index (χ0n) is 12.8. The van der Waals surface area contributed by atoms with Crippen LogP contribution < -0.4 is 4.74 Å². The first kappa shape index (κ1) is 16.6. The van der Waals surface area contributed by atoms with E-state index in [0.29, 0.717) is 22.3 Å². The second kappa shape index (κ2) is 6.67. The summed E-state index contributed by atoms with van der Waals surface area (Å²) in [4.78, 5) is 3.94. The molecule has 7 heteroatoms. The second-order valence-electron chi connectivity index (χ2n) is 6.10. The number of rotatable bonds is 4. The highest BCUT2D eigenvalue weighted by molar-refractivity contribution is 6.35. The number of halogens is 2. The van der Waals surface area contributed by atoms with Crippen molar-refractivity contribution in [1.82, 2.24) is 14.8 Å². The third-order valence-corrected chi connectivity index (χ3v) is 5.09. The van der Waals surface area contributed by atoms with E-state index in [4.69, 9.17) is 27.9 Å². The van der Waals surface area contributed by atoms with E-state index in [0.717, 1.165) is 19.3 Å². The SMILES string of the molecule is C[C@@H]1CCC[C@@H](Oc2ccc(Cl)cc2Cl)[C@]1(O)Cn1cncn1. The van der Waals surface area contributed by atoms with E-state index in [1.807, 2.05) is 6.92 Å². The summed E-state index contributed by atoms with van der Waals surface area (Å²) in [7, 11) is 0. The molecule has 23 heavy (non-hydrogen) atoms. The highest BCUT2D eigenvalue weighted by atomic mass is 35.5. The van der Waals surface area contributed by atoms with Gasteiger partial charge < -0.3 is 9.84 Å². The average molecular weight is 356 g/mol. The summed E-state index contributed by atoms with van der Waals surface area (Å²) in [6, 6.07) is 5.10. The van der Waals surface area contributed by atoms with Crippen LogP contribution in [0.2, 0.25) is 10.0 Å². The Hall–Kier alpha value is -1.30. The summed E-state index contributed by atoms with van der Waals surface area (Å²) in [5.41, 5.74) is -1.03. The van der Waals surface area contributed by atoms with Crippen LogP contribution in [0.25, 0.3) is 0 Å². The van der Waals surface area contributed by atoms with E-state index in [1.165, 1.54) is 6.33 Å². The van der Waals surface area contributed by atoms with Gasteiger partial charge in [0.15, 0.2) is 0 Å². The standard InChI is InChI=1S/C16H19Cl2N3O2/c1-11-3-2-4-15(16(11,22)8-21-10-19-9-20-21)23-14-6-5-12(17)7-13(14)18/h5-7,9-11,15,22H,2-4,8H2,1H3/t11-,15-,16+/m1/s1. The summed E-state index contributed by atoms with van der Waals surface area (Å²) >= 11 is 12.1. The highest BCUT2D eigenvalue weighted by Gasteiger charge is 2.46. The van der Waals surface area contributed by atoms with Crippen LogP contribution in [0.4, 0.5) is 0 Å². The van der Waals surface area contributed by atoms with Gasteiger partial charge in [0.05, 0.1) is 11.6 Å². The molecule has 2 aromatic rings. The molecule has 0 bridgehead atoms. The molecule has 0 unspecified atom stereocenters. The fourth-order valence-electron chi connectivity index (χ4n) is 3.14. The predicted molar refractivity (Wildman–Crippen MR) is 88.9 cm³/mol. The monoisotopic (exact) mass is 355 g/mol. The van der Waals surface area contributed by atoms with Gasteiger partial charge in [-0.05, 0) is 43.4 Å². The van der Waals surface area contributed by atoms with Crippen molar-refractivity contribution < 1.29 is 9.84 Å². The van der Waals surface area contributed by atoms with Gasteiger partial charge in [-0.3, -0.25) is 0 Å². The molecule has 5 nitrogen and oxygen atoms in total. The molecular weight excluding hydrogens is 337 g/mol. The van der Waals surface area contributed by atoms with Crippen LogP contribution in [0.1, 0.15) is 26.2 Å². The van der Waals surface area contributed by atoms with Crippen molar-refractivity contribution in [2.45, 2.75) is 44.4 Å². The van der Waals surface area contributed by atoms with Crippen LogP contribution in [-0.4, -0.2) is 31.6 Å². The molecule has 1 aliphatic rings. The molecule has 3 atom stereocenters. The Labute approximate surface area is 145 Å². The van der Waals surface area contributed by atoms with Crippen LogP contribution in [-0.2, 0) is 6.54 Å². The molecule has 1 aromatic carbocycles. The molecule has 1 N–H and O–H groups in total. The molecule has 1 aliphatic carbocycles. The lowest BCUT2D eigenvalue weighted by Gasteiger charge is -2.44. The van der Waals surface area contributed by atoms with Crippen molar-refractivity contribution in [3.8, 4) is 5.75 Å². The third kappa shape index (κ3) is 3.47. The van der Waals surface area contributed by atoms with E-state index in [1.54, 1.807) is 29.2 Å². The van der Waals surface area contributed by atoms with Gasteiger partial charge in [-0.1, -0.05) is 30.1 Å². The zero-order valence-corrected chi connectivity index (χ0v) is 14.3. The third-order valence-electron chi connectivity index (χ3n) is 4.56. The molecular formula is C16H19Cl2N3O2. The summed E-state index contributed by atoms with van der Waals surface area (Å²) in [6.45, 7) is 2.37. The first-order valence-corrected chi connectivity index (χ1v) is 8.41. The number of aromatic nitrogens is 3. The maximum atomic E-state index is 11.3. The Morgan fingerprint density at radius 2 is 2.22 bits per heavy atom. The number of aliphatic hydroxyl groups is 1. The summed E-state index contributed by atoms with van der Waals surface area (Å²) in [5.74, 6) is 0.615. The van der Waals surface area contributed by atoms with E-state index >= 15 is 0 Å². The van der Waals surface area contributed by atoms with Crippen LogP contribution in [0.5, 0.6) is 5.75 Å². The molecule has 0 amide bonds. The molecule has 1 aromatic heterocycles. The zero-order chi connectivity index (χ0) is 16.4. The lowest BCUT2D eigenvalue weighted by atomic mass is 9.74. The van der Waals surface area contributed by atoms with E-state index < -0.39 is 5.60 Å². The minimum atomic E-state index is -1.03. The summed E-state index contributed by atoms with van der Waals surface area (Å²) in [6.07, 6.45) is 5.40. The number of hydrogen-bond donors (Lipinski definition) is 1. The number of ether oxygens (including phenoxy) is 1. The van der Waals surface area contributed by atoms with Gasteiger partial charge >= 0.3 is 0 Å². The Balaban J connectivity index is 1.85. The number of hydrogen-bond acceptors (Lipinski definition) is 4. The smallest absolute Gasteiger partial charge is 0.138 e. The van der Waals surface area contributed by atoms with Crippen LogP contribution in [0.3, 0.4) is 0 Å². The molecule has 0 radical (unpaired) electrons. The second-order valence-corrected chi connectivity index (χ2v) is 6.94. The molecule has 124 valence electrons. The maximum absolute atomic E-state index is 11.3. The first-order valence-electron chi connectivity index (χ1n) is 7.65. The predicted octanol–water partition coefficient (Wildman–Crippen LogP) is 3.58. The van der Waals surface area contributed by atoms with Crippen molar-refractivity contribution in [2.75, 3.05) is 0 Å². The molecule has 1 heterocycles. The quantitative estimate of drug-likeness (QED) is 0.910. The van der Waals surface area contributed by atoms with Gasteiger partial charge in [0, 0.05) is 5.02 Å². The lowest BCUT2D eigenvalue weighted by molar-refractivity contribution is -0.132. The maximum Gasteiger partial charge on any atom is 0.138 e. The van der Waals surface area contributed by atoms with Gasteiger partial charge in [0.25, 0.3) is 0 Å². The number of benzene rings is 1. The van der Waals surface area contributed by atoms with Gasteiger partial charge in [-0.15, -0.1) is 0 Å². The summed E-state index contributed by atoms with van der Waals surface area (Å²) < 4.78 is 7.71. The van der Waals surface area contributed by atoms with Gasteiger partial charge in [-0.2, -0.15) is 5.10 Å². The summed E-state index contributed by atoms with van der Waals surface area (Å²) in [5, 5.41) is 16.4. The fourth-order valence-corrected chi connectivity index (χ4v) is 3.60. The molecule has 3 rings (SSSR count). The van der Waals surface area contributed by atoms with E-state index in [2.05, 4.69) is 10.1 Å². The Morgan fingerprint density at radius 1 is 1.39 bits per heavy atom. The normalized spacial score (nSPS) is 27.8. The molecule has 0 spiro atoms. The Bertz CT molecular complexity index is 665. The molecule has 0 aliphatic heterocycles. The first-order chi connectivity index (χ1) is 11.0. The van der Waals surface area contributed by atoms with Crippen molar-refractivity contribution >= 4 is 23.2 Å². The van der Waals surface area contributed by atoms with E-state index in [9.17, 15) is 5.11 Å². The minimum absolute atomic E-state index is 0.0801. The van der Waals surface area contributed by atoms with Crippen LogP contribution in [0.15, 0.2) is 30.9 Å².